The number of hydrogen-bond acceptors (Lipinski definition) is 5. The van der Waals surface area contributed by atoms with Crippen molar-refractivity contribution in [1.82, 2.24) is 14.5 Å². The zero-order valence-electron chi connectivity index (χ0n) is 17.2. The smallest absolute Gasteiger partial charge is 0.406 e. The van der Waals surface area contributed by atoms with E-state index in [0.717, 1.165) is 12.4 Å². The summed E-state index contributed by atoms with van der Waals surface area (Å²) >= 11 is 5.86. The van der Waals surface area contributed by atoms with Gasteiger partial charge in [-0.2, -0.15) is 13.2 Å². The summed E-state index contributed by atoms with van der Waals surface area (Å²) in [5.41, 5.74) is 4.09. The van der Waals surface area contributed by atoms with Crippen LogP contribution in [-0.4, -0.2) is 45.7 Å². The molecule has 0 bridgehead atoms. The fraction of sp³-hybridized carbons (Fsp3) is 0.381. The topological polar surface area (TPSA) is 90.5 Å². The largest absolute Gasteiger partial charge is 0.490 e. The van der Waals surface area contributed by atoms with Crippen LogP contribution >= 0.6 is 11.6 Å². The standard InChI is InChI=1S/C21H22ClF3N4O3/c1-13-11-29(12-21(23,24)25)20(31)18(27-13)17(10-26)19(30)28-8-6-16(7-9-28)32-15-4-2-14(22)3-5-15/h2-5,10-11,16H,6-9,12,26H2,1H3. The fourth-order valence-electron chi connectivity index (χ4n) is 3.46. The van der Waals surface area contributed by atoms with Crippen LogP contribution < -0.4 is 16.0 Å². The van der Waals surface area contributed by atoms with Crippen molar-refractivity contribution in [2.75, 3.05) is 13.1 Å². The van der Waals surface area contributed by atoms with E-state index in [-0.39, 0.29) is 17.4 Å². The molecule has 2 heterocycles. The first-order valence-corrected chi connectivity index (χ1v) is 10.2. The minimum atomic E-state index is -4.60. The highest BCUT2D eigenvalue weighted by atomic mass is 35.5. The number of hydrogen-bond donors (Lipinski definition) is 1. The number of ether oxygens (including phenoxy) is 1. The van der Waals surface area contributed by atoms with Gasteiger partial charge in [0.05, 0.1) is 11.3 Å². The Morgan fingerprint density at radius 3 is 2.47 bits per heavy atom. The number of nitrogens with two attached hydrogens (primary N) is 1. The molecule has 1 amide bonds. The van der Waals surface area contributed by atoms with Gasteiger partial charge in [-0.25, -0.2) is 4.98 Å². The zero-order valence-corrected chi connectivity index (χ0v) is 18.0. The predicted octanol–water partition coefficient (Wildman–Crippen LogP) is 3.14. The molecule has 2 aromatic rings. The molecule has 1 aliphatic heterocycles. The summed E-state index contributed by atoms with van der Waals surface area (Å²) in [5.74, 6) is 0.0992. The van der Waals surface area contributed by atoms with Crippen molar-refractivity contribution in [3.63, 3.8) is 0 Å². The molecule has 3 rings (SSSR count). The molecule has 11 heteroatoms. The van der Waals surface area contributed by atoms with E-state index >= 15 is 0 Å². The summed E-state index contributed by atoms with van der Waals surface area (Å²) in [6.07, 6.45) is -1.74. The molecule has 7 nitrogen and oxygen atoms in total. The molecule has 1 fully saturated rings. The van der Waals surface area contributed by atoms with Crippen LogP contribution in [0.1, 0.15) is 24.2 Å². The average Bonchev–Trinajstić information content (AvgIpc) is 2.73. The van der Waals surface area contributed by atoms with E-state index in [9.17, 15) is 22.8 Å². The number of halogens is 4. The van der Waals surface area contributed by atoms with E-state index in [0.29, 0.717) is 41.3 Å². The van der Waals surface area contributed by atoms with Gasteiger partial charge in [0.2, 0.25) is 0 Å². The Kier molecular flexibility index (Phi) is 7.12. The molecule has 0 aliphatic carbocycles. The van der Waals surface area contributed by atoms with Crippen LogP contribution in [0.4, 0.5) is 13.2 Å². The molecule has 2 N–H and O–H groups in total. The van der Waals surface area contributed by atoms with E-state index in [1.165, 1.54) is 11.8 Å². The monoisotopic (exact) mass is 470 g/mol. The lowest BCUT2D eigenvalue weighted by Gasteiger charge is -2.32. The van der Waals surface area contributed by atoms with Gasteiger partial charge in [-0.3, -0.25) is 9.59 Å². The number of aromatic nitrogens is 2. The SMILES string of the molecule is Cc1cn(CC(F)(F)F)c(=O)c(C(=CN)C(=O)N2CCC(Oc3ccc(Cl)cc3)CC2)n1. The van der Waals surface area contributed by atoms with Crippen molar-refractivity contribution >= 4 is 23.1 Å². The van der Waals surface area contributed by atoms with Crippen molar-refractivity contribution in [2.45, 2.75) is 38.6 Å². The number of nitrogens with zero attached hydrogens (tertiary/aromatic N) is 3. The number of rotatable bonds is 5. The van der Waals surface area contributed by atoms with Gasteiger partial charge in [0, 0.05) is 43.4 Å². The molecule has 32 heavy (non-hydrogen) atoms. The number of alkyl halides is 3. The van der Waals surface area contributed by atoms with Crippen molar-refractivity contribution in [1.29, 1.82) is 0 Å². The summed E-state index contributed by atoms with van der Waals surface area (Å²) in [6.45, 7) is 0.615. The minimum Gasteiger partial charge on any atom is -0.490 e. The van der Waals surface area contributed by atoms with Crippen LogP contribution in [0, 0.1) is 6.92 Å². The second-order valence-corrected chi connectivity index (χ2v) is 7.86. The van der Waals surface area contributed by atoms with Crippen LogP contribution in [0.25, 0.3) is 5.57 Å². The Labute approximate surface area is 187 Å². The summed E-state index contributed by atoms with van der Waals surface area (Å²) in [5, 5.41) is 0.595. The number of piperidine rings is 1. The summed E-state index contributed by atoms with van der Waals surface area (Å²) < 4.78 is 44.8. The second-order valence-electron chi connectivity index (χ2n) is 7.42. The lowest BCUT2D eigenvalue weighted by molar-refractivity contribution is -0.141. The third kappa shape index (κ3) is 5.82. The highest BCUT2D eigenvalue weighted by Crippen LogP contribution is 2.23. The maximum atomic E-state index is 13.0. The third-order valence-electron chi connectivity index (χ3n) is 4.94. The van der Waals surface area contributed by atoms with E-state index in [1.54, 1.807) is 24.3 Å². The Hall–Kier alpha value is -3.01. The molecule has 1 aliphatic rings. The highest BCUT2D eigenvalue weighted by Gasteiger charge is 2.31. The Morgan fingerprint density at radius 1 is 1.28 bits per heavy atom. The summed E-state index contributed by atoms with van der Waals surface area (Å²) in [4.78, 5) is 31.1. The number of likely N-dealkylation sites (tertiary alicyclic amines) is 1. The van der Waals surface area contributed by atoms with Gasteiger partial charge in [0.25, 0.3) is 11.5 Å². The molecule has 172 valence electrons. The minimum absolute atomic E-state index is 0.119. The molecule has 0 unspecified atom stereocenters. The first-order valence-electron chi connectivity index (χ1n) is 9.86. The summed E-state index contributed by atoms with van der Waals surface area (Å²) in [6, 6.07) is 6.94. The first-order chi connectivity index (χ1) is 15.1. The number of aryl methyl sites for hydroxylation is 1. The lowest BCUT2D eigenvalue weighted by Crippen LogP contribution is -2.43. The van der Waals surface area contributed by atoms with Crippen LogP contribution in [-0.2, 0) is 11.3 Å². The van der Waals surface area contributed by atoms with Crippen LogP contribution in [0.5, 0.6) is 5.75 Å². The molecule has 1 aromatic carbocycles. The first kappa shape index (κ1) is 23.6. The Bertz CT molecular complexity index is 1060. The van der Waals surface area contributed by atoms with E-state index < -0.39 is 29.9 Å². The van der Waals surface area contributed by atoms with Crippen LogP contribution in [0.15, 0.2) is 41.5 Å². The predicted molar refractivity (Wildman–Crippen MR) is 113 cm³/mol. The average molecular weight is 471 g/mol. The normalized spacial score (nSPS) is 15.7. The Morgan fingerprint density at radius 2 is 1.91 bits per heavy atom. The van der Waals surface area contributed by atoms with E-state index in [1.807, 2.05) is 0 Å². The summed E-state index contributed by atoms with van der Waals surface area (Å²) in [7, 11) is 0. The number of carbonyl (C=O) groups excluding carboxylic acids is 1. The van der Waals surface area contributed by atoms with Gasteiger partial charge < -0.3 is 19.9 Å². The quantitative estimate of drug-likeness (QED) is 0.678. The highest BCUT2D eigenvalue weighted by molar-refractivity contribution is 6.30. The van der Waals surface area contributed by atoms with Gasteiger partial charge >= 0.3 is 6.18 Å². The molecular weight excluding hydrogens is 449 g/mol. The van der Waals surface area contributed by atoms with E-state index in [2.05, 4.69) is 4.98 Å². The van der Waals surface area contributed by atoms with Crippen molar-refractivity contribution in [3.8, 4) is 5.75 Å². The molecular formula is C21H22ClF3N4O3. The molecule has 0 saturated carbocycles. The van der Waals surface area contributed by atoms with Crippen molar-refractivity contribution < 1.29 is 22.7 Å². The van der Waals surface area contributed by atoms with Gasteiger partial charge in [0.15, 0.2) is 0 Å². The molecule has 0 spiro atoms. The lowest BCUT2D eigenvalue weighted by atomic mass is 10.1. The molecule has 1 aromatic heterocycles. The van der Waals surface area contributed by atoms with Crippen molar-refractivity contribution in [3.05, 3.63) is 63.4 Å². The van der Waals surface area contributed by atoms with Gasteiger partial charge in [-0.05, 0) is 31.2 Å². The Balaban J connectivity index is 1.72. The van der Waals surface area contributed by atoms with Gasteiger partial charge in [-0.15, -0.1) is 0 Å². The van der Waals surface area contributed by atoms with E-state index in [4.69, 9.17) is 22.1 Å². The van der Waals surface area contributed by atoms with Crippen molar-refractivity contribution in [2.24, 2.45) is 5.73 Å². The third-order valence-corrected chi connectivity index (χ3v) is 5.19. The maximum absolute atomic E-state index is 13.0. The van der Waals surface area contributed by atoms with Crippen LogP contribution in [0.2, 0.25) is 5.02 Å². The molecule has 0 atom stereocenters. The second kappa shape index (κ2) is 9.64. The zero-order chi connectivity index (χ0) is 23.5. The number of amides is 1. The van der Waals surface area contributed by atoms with Gasteiger partial charge in [-0.1, -0.05) is 11.6 Å². The molecule has 1 saturated heterocycles. The maximum Gasteiger partial charge on any atom is 0.406 e. The molecule has 0 radical (unpaired) electrons. The number of benzene rings is 1. The number of carbonyl (C=O) groups is 1. The van der Waals surface area contributed by atoms with Crippen LogP contribution in [0.3, 0.4) is 0 Å². The fourth-order valence-corrected chi connectivity index (χ4v) is 3.59. The van der Waals surface area contributed by atoms with Gasteiger partial charge in [0.1, 0.15) is 24.1 Å².